The molecule has 2 aromatic carbocycles. The number of ether oxygens (including phenoxy) is 1. The molecule has 2 heterocycles. The molecule has 1 aromatic heterocycles. The molecule has 0 saturated carbocycles. The maximum atomic E-state index is 13.7. The minimum absolute atomic E-state index is 0.128. The van der Waals surface area contributed by atoms with E-state index in [1.807, 2.05) is 0 Å². The van der Waals surface area contributed by atoms with E-state index in [1.54, 1.807) is 30.3 Å². The third-order valence-electron chi connectivity index (χ3n) is 4.46. The number of rotatable bonds is 2. The summed E-state index contributed by atoms with van der Waals surface area (Å²) < 4.78 is 19.3. The lowest BCUT2D eigenvalue weighted by molar-refractivity contribution is 0.0930. The number of nitrogens with one attached hydrogen (secondary N) is 2. The Morgan fingerprint density at radius 2 is 2.04 bits per heavy atom. The average Bonchev–Trinajstić information content (AvgIpc) is 2.84. The molecule has 26 heavy (non-hydrogen) atoms. The van der Waals surface area contributed by atoms with Gasteiger partial charge in [0.2, 0.25) is 0 Å². The van der Waals surface area contributed by atoms with Gasteiger partial charge in [-0.05, 0) is 37.1 Å². The van der Waals surface area contributed by atoms with Gasteiger partial charge >= 0.3 is 0 Å². The van der Waals surface area contributed by atoms with Gasteiger partial charge in [0.15, 0.2) is 5.69 Å². The summed E-state index contributed by atoms with van der Waals surface area (Å²) in [7, 11) is 0. The highest BCUT2D eigenvalue weighted by Gasteiger charge is 2.24. The zero-order chi connectivity index (χ0) is 18.1. The van der Waals surface area contributed by atoms with Crippen LogP contribution in [0, 0.1) is 5.82 Å². The Morgan fingerprint density at radius 1 is 1.23 bits per heavy atom. The predicted octanol–water partition coefficient (Wildman–Crippen LogP) is 2.71. The molecule has 0 radical (unpaired) electrons. The monoisotopic (exact) mass is 353 g/mol. The van der Waals surface area contributed by atoms with E-state index >= 15 is 0 Å². The highest BCUT2D eigenvalue weighted by atomic mass is 19.1. The SMILES string of the molecule is O=C(NC1CCCOc2ccc(F)cc21)c1n[nH]c(=O)c2ccccc12. The highest BCUT2D eigenvalue weighted by molar-refractivity contribution is 6.04. The van der Waals surface area contributed by atoms with Crippen molar-refractivity contribution in [2.45, 2.75) is 18.9 Å². The molecule has 0 spiro atoms. The Labute approximate surface area is 148 Å². The molecule has 0 saturated heterocycles. The standard InChI is InChI=1S/C19H16FN3O3/c20-11-7-8-16-14(10-11)15(6-3-9-26-16)21-19(25)17-12-4-1-2-5-13(12)18(24)23-22-17/h1-2,4-5,7-8,10,15H,3,6,9H2,(H,21,25)(H,23,24). The quantitative estimate of drug-likeness (QED) is 0.742. The minimum atomic E-state index is -0.431. The number of halogens is 1. The van der Waals surface area contributed by atoms with E-state index in [4.69, 9.17) is 4.74 Å². The van der Waals surface area contributed by atoms with E-state index in [0.29, 0.717) is 35.1 Å². The number of hydrogen-bond donors (Lipinski definition) is 2. The van der Waals surface area contributed by atoms with Crippen LogP contribution in [0.1, 0.15) is 34.9 Å². The Bertz CT molecular complexity index is 1050. The number of aromatic amines is 1. The Morgan fingerprint density at radius 3 is 2.88 bits per heavy atom. The molecule has 1 unspecified atom stereocenters. The first-order valence-corrected chi connectivity index (χ1v) is 8.34. The predicted molar refractivity (Wildman–Crippen MR) is 93.7 cm³/mol. The topological polar surface area (TPSA) is 84.1 Å². The number of amides is 1. The van der Waals surface area contributed by atoms with E-state index in [-0.39, 0.29) is 17.1 Å². The molecule has 0 bridgehead atoms. The van der Waals surface area contributed by atoms with Crippen molar-refractivity contribution in [3.8, 4) is 5.75 Å². The summed E-state index contributed by atoms with van der Waals surface area (Å²) in [5, 5.41) is 10.0. The lowest BCUT2D eigenvalue weighted by Gasteiger charge is -2.18. The number of aromatic nitrogens is 2. The van der Waals surface area contributed by atoms with Gasteiger partial charge in [0, 0.05) is 10.9 Å². The van der Waals surface area contributed by atoms with Crippen molar-refractivity contribution >= 4 is 16.7 Å². The summed E-state index contributed by atoms with van der Waals surface area (Å²) in [5.41, 5.74) is 0.375. The number of benzene rings is 2. The van der Waals surface area contributed by atoms with Crippen LogP contribution in [0.4, 0.5) is 4.39 Å². The summed E-state index contributed by atoms with van der Waals surface area (Å²) in [6.45, 7) is 0.505. The molecule has 3 aromatic rings. The summed E-state index contributed by atoms with van der Waals surface area (Å²) in [5.74, 6) is -0.255. The molecule has 0 aliphatic carbocycles. The van der Waals surface area contributed by atoms with Crippen LogP contribution < -0.4 is 15.6 Å². The molecule has 1 atom stereocenters. The van der Waals surface area contributed by atoms with E-state index in [2.05, 4.69) is 15.5 Å². The Hall–Kier alpha value is -3.22. The molecule has 1 amide bonds. The molecule has 132 valence electrons. The Balaban J connectivity index is 1.71. The van der Waals surface area contributed by atoms with Gasteiger partial charge in [-0.1, -0.05) is 18.2 Å². The fourth-order valence-corrected chi connectivity index (χ4v) is 3.21. The zero-order valence-corrected chi connectivity index (χ0v) is 13.8. The van der Waals surface area contributed by atoms with E-state index in [1.165, 1.54) is 12.1 Å². The molecular formula is C19H16FN3O3. The molecule has 7 heteroatoms. The van der Waals surface area contributed by atoms with Gasteiger partial charge < -0.3 is 10.1 Å². The van der Waals surface area contributed by atoms with E-state index in [9.17, 15) is 14.0 Å². The van der Waals surface area contributed by atoms with Crippen LogP contribution in [0.15, 0.2) is 47.3 Å². The first-order valence-electron chi connectivity index (χ1n) is 8.34. The van der Waals surface area contributed by atoms with Crippen LogP contribution in [0.25, 0.3) is 10.8 Å². The second-order valence-electron chi connectivity index (χ2n) is 6.15. The van der Waals surface area contributed by atoms with Crippen molar-refractivity contribution in [1.82, 2.24) is 15.5 Å². The average molecular weight is 353 g/mol. The van der Waals surface area contributed by atoms with Gasteiger partial charge in [-0.15, -0.1) is 0 Å². The van der Waals surface area contributed by atoms with Gasteiger partial charge in [-0.25, -0.2) is 9.49 Å². The van der Waals surface area contributed by atoms with Crippen molar-refractivity contribution < 1.29 is 13.9 Å². The van der Waals surface area contributed by atoms with Gasteiger partial charge in [-0.3, -0.25) is 9.59 Å². The second kappa shape index (κ2) is 6.59. The van der Waals surface area contributed by atoms with Crippen LogP contribution in [-0.4, -0.2) is 22.7 Å². The lowest BCUT2D eigenvalue weighted by Crippen LogP contribution is -2.30. The van der Waals surface area contributed by atoms with Crippen LogP contribution in [-0.2, 0) is 0 Å². The third-order valence-corrected chi connectivity index (χ3v) is 4.46. The number of hydrogen-bond acceptors (Lipinski definition) is 4. The van der Waals surface area contributed by atoms with Gasteiger partial charge in [0.05, 0.1) is 18.0 Å². The van der Waals surface area contributed by atoms with Gasteiger partial charge in [0.1, 0.15) is 11.6 Å². The number of carbonyl (C=O) groups is 1. The van der Waals surface area contributed by atoms with Crippen LogP contribution in [0.2, 0.25) is 0 Å². The van der Waals surface area contributed by atoms with Crippen molar-refractivity contribution in [2.24, 2.45) is 0 Å². The van der Waals surface area contributed by atoms with E-state index < -0.39 is 11.9 Å². The molecule has 4 rings (SSSR count). The zero-order valence-electron chi connectivity index (χ0n) is 13.8. The number of carbonyl (C=O) groups excluding carboxylic acids is 1. The number of H-pyrrole nitrogens is 1. The van der Waals surface area contributed by atoms with E-state index in [0.717, 1.165) is 6.42 Å². The summed E-state index contributed by atoms with van der Waals surface area (Å²) in [6.07, 6.45) is 1.34. The van der Waals surface area contributed by atoms with Crippen molar-refractivity contribution in [1.29, 1.82) is 0 Å². The fraction of sp³-hybridized carbons (Fsp3) is 0.211. The largest absolute Gasteiger partial charge is 0.493 e. The molecule has 0 fully saturated rings. The highest BCUT2D eigenvalue weighted by Crippen LogP contribution is 2.32. The maximum Gasteiger partial charge on any atom is 0.272 e. The molecule has 2 N–H and O–H groups in total. The molecular weight excluding hydrogens is 337 g/mol. The number of fused-ring (bicyclic) bond motifs is 2. The minimum Gasteiger partial charge on any atom is -0.493 e. The van der Waals surface area contributed by atoms with Gasteiger partial charge in [-0.2, -0.15) is 5.10 Å². The first kappa shape index (κ1) is 16.3. The first-order chi connectivity index (χ1) is 12.6. The second-order valence-corrected chi connectivity index (χ2v) is 6.15. The molecule has 6 nitrogen and oxygen atoms in total. The third kappa shape index (κ3) is 2.92. The maximum absolute atomic E-state index is 13.7. The summed E-state index contributed by atoms with van der Waals surface area (Å²) >= 11 is 0. The summed E-state index contributed by atoms with van der Waals surface area (Å²) in [4.78, 5) is 24.7. The van der Waals surface area contributed by atoms with Crippen molar-refractivity contribution in [3.05, 3.63) is 69.9 Å². The molecule has 1 aliphatic rings. The van der Waals surface area contributed by atoms with Crippen LogP contribution >= 0.6 is 0 Å². The lowest BCUT2D eigenvalue weighted by atomic mass is 10.0. The van der Waals surface area contributed by atoms with Gasteiger partial charge in [0.25, 0.3) is 11.5 Å². The normalized spacial score (nSPS) is 16.4. The number of nitrogens with zero attached hydrogens (tertiary/aromatic N) is 1. The van der Waals surface area contributed by atoms with Crippen LogP contribution in [0.5, 0.6) is 5.75 Å². The van der Waals surface area contributed by atoms with Crippen molar-refractivity contribution in [3.63, 3.8) is 0 Å². The van der Waals surface area contributed by atoms with Crippen molar-refractivity contribution in [2.75, 3.05) is 6.61 Å². The van der Waals surface area contributed by atoms with Crippen LogP contribution in [0.3, 0.4) is 0 Å². The smallest absolute Gasteiger partial charge is 0.272 e. The molecule has 1 aliphatic heterocycles. The fourth-order valence-electron chi connectivity index (χ4n) is 3.21. The Kier molecular flexibility index (Phi) is 4.12. The summed E-state index contributed by atoms with van der Waals surface area (Å²) in [6, 6.07) is 10.7.